The van der Waals surface area contributed by atoms with Gasteiger partial charge in [0.05, 0.1) is 23.3 Å². The lowest BCUT2D eigenvalue weighted by Crippen LogP contribution is -2.03. The summed E-state index contributed by atoms with van der Waals surface area (Å²) in [5.74, 6) is 0.907. The first-order valence-corrected chi connectivity index (χ1v) is 6.55. The third-order valence-electron chi connectivity index (χ3n) is 2.93. The molecule has 0 aliphatic carbocycles. The van der Waals surface area contributed by atoms with E-state index in [0.29, 0.717) is 27.9 Å². The lowest BCUT2D eigenvalue weighted by molar-refractivity contribution is 0.202. The fourth-order valence-corrected chi connectivity index (χ4v) is 2.14. The van der Waals surface area contributed by atoms with Crippen molar-refractivity contribution >= 4 is 28.5 Å². The zero-order valence-corrected chi connectivity index (χ0v) is 11.6. The minimum atomic E-state index is -0.0928. The smallest absolute Gasteiger partial charge is 0.143 e. The van der Waals surface area contributed by atoms with Gasteiger partial charge in [-0.2, -0.15) is 0 Å². The second kappa shape index (κ2) is 5.55. The SMILES string of the molecule is Nc1ncnc2[nH]c(-c3cnc(Cl)cc3OCCO)cc12. The Morgan fingerprint density at radius 2 is 2.14 bits per heavy atom. The number of halogens is 1. The summed E-state index contributed by atoms with van der Waals surface area (Å²) in [7, 11) is 0. The summed E-state index contributed by atoms with van der Waals surface area (Å²) in [6, 6.07) is 3.41. The maximum Gasteiger partial charge on any atom is 0.143 e. The highest BCUT2D eigenvalue weighted by atomic mass is 35.5. The molecular weight excluding hydrogens is 294 g/mol. The van der Waals surface area contributed by atoms with E-state index in [0.717, 1.165) is 11.1 Å². The lowest BCUT2D eigenvalue weighted by Gasteiger charge is -2.09. The molecule has 0 aromatic carbocycles. The Labute approximate surface area is 124 Å². The Kier molecular flexibility index (Phi) is 3.59. The summed E-state index contributed by atoms with van der Waals surface area (Å²) >= 11 is 5.88. The quantitative estimate of drug-likeness (QED) is 0.632. The number of hydrogen-bond donors (Lipinski definition) is 3. The number of fused-ring (bicyclic) bond motifs is 1. The molecule has 3 rings (SSSR count). The molecule has 0 unspecified atom stereocenters. The largest absolute Gasteiger partial charge is 0.490 e. The van der Waals surface area contributed by atoms with Crippen LogP contribution < -0.4 is 10.5 Å². The Morgan fingerprint density at radius 1 is 1.29 bits per heavy atom. The van der Waals surface area contributed by atoms with Gasteiger partial charge in [0.2, 0.25) is 0 Å². The van der Waals surface area contributed by atoms with E-state index in [2.05, 4.69) is 19.9 Å². The maximum absolute atomic E-state index is 8.89. The van der Waals surface area contributed by atoms with Gasteiger partial charge in [-0.3, -0.25) is 0 Å². The van der Waals surface area contributed by atoms with E-state index in [4.69, 9.17) is 27.2 Å². The Morgan fingerprint density at radius 3 is 2.90 bits per heavy atom. The van der Waals surface area contributed by atoms with E-state index in [9.17, 15) is 0 Å². The summed E-state index contributed by atoms with van der Waals surface area (Å²) in [5, 5.41) is 9.92. The summed E-state index contributed by atoms with van der Waals surface area (Å²) in [6.45, 7) is 0.0695. The van der Waals surface area contributed by atoms with Crippen LogP contribution in [-0.2, 0) is 0 Å². The number of aliphatic hydroxyl groups excluding tert-OH is 1. The van der Waals surface area contributed by atoms with Crippen molar-refractivity contribution in [3.8, 4) is 17.0 Å². The number of rotatable bonds is 4. The number of aliphatic hydroxyl groups is 1. The molecule has 21 heavy (non-hydrogen) atoms. The Bertz CT molecular complexity index is 789. The van der Waals surface area contributed by atoms with Crippen molar-refractivity contribution in [1.29, 1.82) is 0 Å². The van der Waals surface area contributed by atoms with Gasteiger partial charge in [0.15, 0.2) is 0 Å². The lowest BCUT2D eigenvalue weighted by atomic mass is 10.2. The number of nitrogens with two attached hydrogens (primary N) is 1. The summed E-state index contributed by atoms with van der Waals surface area (Å²) in [4.78, 5) is 15.3. The zero-order chi connectivity index (χ0) is 14.8. The molecule has 0 saturated heterocycles. The molecule has 4 N–H and O–H groups in total. The van der Waals surface area contributed by atoms with Gasteiger partial charge in [0.25, 0.3) is 0 Å². The number of nitrogen functional groups attached to an aromatic ring is 1. The molecule has 0 fully saturated rings. The normalized spacial score (nSPS) is 11.0. The molecule has 0 amide bonds. The van der Waals surface area contributed by atoms with Crippen LogP contribution in [0, 0.1) is 0 Å². The number of nitrogens with one attached hydrogen (secondary N) is 1. The second-order valence-corrected chi connectivity index (χ2v) is 4.67. The van der Waals surface area contributed by atoms with Gasteiger partial charge in [0.1, 0.15) is 35.3 Å². The maximum atomic E-state index is 8.89. The number of H-pyrrole nitrogens is 1. The van der Waals surface area contributed by atoms with Crippen molar-refractivity contribution in [1.82, 2.24) is 19.9 Å². The van der Waals surface area contributed by atoms with E-state index in [1.54, 1.807) is 12.3 Å². The van der Waals surface area contributed by atoms with Gasteiger partial charge in [-0.05, 0) is 6.07 Å². The van der Waals surface area contributed by atoms with Crippen LogP contribution in [0.25, 0.3) is 22.3 Å². The van der Waals surface area contributed by atoms with E-state index in [-0.39, 0.29) is 13.2 Å². The van der Waals surface area contributed by atoms with Crippen molar-refractivity contribution < 1.29 is 9.84 Å². The molecule has 7 nitrogen and oxygen atoms in total. The van der Waals surface area contributed by atoms with Crippen LogP contribution in [0.4, 0.5) is 5.82 Å². The zero-order valence-electron chi connectivity index (χ0n) is 10.9. The molecule has 0 atom stereocenters. The van der Waals surface area contributed by atoms with Gasteiger partial charge in [-0.15, -0.1) is 0 Å². The Balaban J connectivity index is 2.11. The standard InChI is InChI=1S/C13H12ClN5O2/c14-11-4-10(21-2-1-20)8(5-16-11)9-3-7-12(15)17-6-18-13(7)19-9/h3-6,20H,1-2H2,(H3,15,17,18,19). The van der Waals surface area contributed by atoms with Crippen LogP contribution in [0.5, 0.6) is 5.75 Å². The third kappa shape index (κ3) is 2.61. The number of pyridine rings is 1. The van der Waals surface area contributed by atoms with Crippen LogP contribution in [0.15, 0.2) is 24.7 Å². The van der Waals surface area contributed by atoms with Crippen molar-refractivity contribution in [3.05, 3.63) is 29.8 Å². The first kappa shape index (κ1) is 13.6. The molecule has 8 heteroatoms. The molecule has 0 aliphatic heterocycles. The molecule has 0 spiro atoms. The number of aromatic nitrogens is 4. The molecule has 108 valence electrons. The van der Waals surface area contributed by atoms with Crippen LogP contribution in [-0.4, -0.2) is 38.3 Å². The molecule has 0 aliphatic rings. The van der Waals surface area contributed by atoms with E-state index in [1.807, 2.05) is 6.07 Å². The van der Waals surface area contributed by atoms with E-state index in [1.165, 1.54) is 6.33 Å². The van der Waals surface area contributed by atoms with Crippen LogP contribution in [0.3, 0.4) is 0 Å². The molecule has 0 saturated carbocycles. The minimum Gasteiger partial charge on any atom is -0.490 e. The van der Waals surface area contributed by atoms with Crippen molar-refractivity contribution in [2.75, 3.05) is 18.9 Å². The summed E-state index contributed by atoms with van der Waals surface area (Å²) < 4.78 is 5.49. The number of nitrogens with zero attached hydrogens (tertiary/aromatic N) is 3. The highest BCUT2D eigenvalue weighted by Gasteiger charge is 2.13. The van der Waals surface area contributed by atoms with Gasteiger partial charge < -0.3 is 20.6 Å². The molecule has 0 radical (unpaired) electrons. The number of hydrogen-bond acceptors (Lipinski definition) is 6. The van der Waals surface area contributed by atoms with Gasteiger partial charge in [0, 0.05) is 12.3 Å². The fraction of sp³-hybridized carbons (Fsp3) is 0.154. The molecular formula is C13H12ClN5O2. The number of aromatic amines is 1. The molecule has 0 bridgehead atoms. The highest BCUT2D eigenvalue weighted by molar-refractivity contribution is 6.29. The van der Waals surface area contributed by atoms with Crippen LogP contribution in [0.2, 0.25) is 5.15 Å². The number of anilines is 1. The van der Waals surface area contributed by atoms with Gasteiger partial charge in [-0.25, -0.2) is 15.0 Å². The topological polar surface area (TPSA) is 110 Å². The molecule has 3 aromatic heterocycles. The molecule has 3 aromatic rings. The van der Waals surface area contributed by atoms with Crippen molar-refractivity contribution in [3.63, 3.8) is 0 Å². The van der Waals surface area contributed by atoms with Crippen molar-refractivity contribution in [2.45, 2.75) is 0 Å². The fourth-order valence-electron chi connectivity index (χ4n) is 1.99. The first-order valence-electron chi connectivity index (χ1n) is 6.18. The van der Waals surface area contributed by atoms with Crippen LogP contribution >= 0.6 is 11.6 Å². The molecule has 3 heterocycles. The predicted molar refractivity (Wildman–Crippen MR) is 79.1 cm³/mol. The monoisotopic (exact) mass is 305 g/mol. The first-order chi connectivity index (χ1) is 10.2. The van der Waals surface area contributed by atoms with Crippen molar-refractivity contribution in [2.24, 2.45) is 0 Å². The minimum absolute atomic E-state index is 0.0928. The van der Waals surface area contributed by atoms with E-state index < -0.39 is 0 Å². The Hall–Kier alpha value is -2.38. The third-order valence-corrected chi connectivity index (χ3v) is 3.13. The van der Waals surface area contributed by atoms with Gasteiger partial charge >= 0.3 is 0 Å². The van der Waals surface area contributed by atoms with Gasteiger partial charge in [-0.1, -0.05) is 11.6 Å². The average molecular weight is 306 g/mol. The summed E-state index contributed by atoms with van der Waals surface area (Å²) in [5.41, 5.74) is 7.87. The highest BCUT2D eigenvalue weighted by Crippen LogP contribution is 2.33. The predicted octanol–water partition coefficient (Wildman–Crippen LogP) is 1.63. The van der Waals surface area contributed by atoms with Crippen LogP contribution in [0.1, 0.15) is 0 Å². The second-order valence-electron chi connectivity index (χ2n) is 4.28. The number of ether oxygens (including phenoxy) is 1. The van der Waals surface area contributed by atoms with E-state index >= 15 is 0 Å². The average Bonchev–Trinajstić information content (AvgIpc) is 2.90. The summed E-state index contributed by atoms with van der Waals surface area (Å²) in [6.07, 6.45) is 2.98.